The van der Waals surface area contributed by atoms with Crippen LogP contribution in [0.2, 0.25) is 0 Å². The Morgan fingerprint density at radius 2 is 1.91 bits per heavy atom. The van der Waals surface area contributed by atoms with Gasteiger partial charge >= 0.3 is 0 Å². The van der Waals surface area contributed by atoms with Crippen molar-refractivity contribution in [3.63, 3.8) is 0 Å². The normalized spacial score (nSPS) is 22.9. The van der Waals surface area contributed by atoms with Crippen LogP contribution in [0.4, 0.5) is 0 Å². The lowest BCUT2D eigenvalue weighted by Crippen LogP contribution is -2.39. The molecule has 0 aliphatic carbocycles. The molecule has 22 heavy (non-hydrogen) atoms. The van der Waals surface area contributed by atoms with Crippen LogP contribution < -0.4 is 11.1 Å². The molecule has 2 rings (SSSR count). The van der Waals surface area contributed by atoms with Crippen LogP contribution in [0.3, 0.4) is 0 Å². The monoisotopic (exact) mass is 311 g/mol. The highest BCUT2D eigenvalue weighted by Gasteiger charge is 2.14. The number of nitrogens with two attached hydrogens (primary N) is 1. The smallest absolute Gasteiger partial charge is 0.188 e. The lowest BCUT2D eigenvalue weighted by molar-refractivity contribution is 0.0376. The van der Waals surface area contributed by atoms with E-state index < -0.39 is 0 Å². The first-order valence-corrected chi connectivity index (χ1v) is 8.80. The third-order valence-corrected chi connectivity index (χ3v) is 4.40. The van der Waals surface area contributed by atoms with E-state index >= 15 is 0 Å². The van der Waals surface area contributed by atoms with Crippen LogP contribution in [-0.4, -0.2) is 81.3 Å². The largest absolute Gasteiger partial charge is 0.379 e. The summed E-state index contributed by atoms with van der Waals surface area (Å²) < 4.78 is 5.35. The summed E-state index contributed by atoms with van der Waals surface area (Å²) in [7, 11) is 0. The Labute approximate surface area is 135 Å². The molecule has 0 aromatic heterocycles. The second-order valence-corrected chi connectivity index (χ2v) is 6.57. The van der Waals surface area contributed by atoms with Gasteiger partial charge in [0.25, 0.3) is 0 Å². The molecule has 0 saturated carbocycles. The zero-order chi connectivity index (χ0) is 15.6. The second kappa shape index (κ2) is 10.0. The summed E-state index contributed by atoms with van der Waals surface area (Å²) >= 11 is 0. The minimum absolute atomic E-state index is 0.576. The van der Waals surface area contributed by atoms with E-state index in [2.05, 4.69) is 27.0 Å². The van der Waals surface area contributed by atoms with E-state index in [0.29, 0.717) is 11.9 Å². The van der Waals surface area contributed by atoms with E-state index in [1.165, 1.54) is 25.9 Å². The zero-order valence-electron chi connectivity index (χ0n) is 14.1. The molecule has 2 aliphatic rings. The van der Waals surface area contributed by atoms with E-state index in [-0.39, 0.29) is 0 Å². The second-order valence-electron chi connectivity index (χ2n) is 6.57. The van der Waals surface area contributed by atoms with E-state index in [4.69, 9.17) is 10.5 Å². The number of nitrogens with one attached hydrogen (secondary N) is 1. The van der Waals surface area contributed by atoms with Crippen LogP contribution in [0.15, 0.2) is 4.99 Å². The molecule has 0 bridgehead atoms. The standard InChI is InChI=1S/C16H33N5O/c1-15(14-21-6-2-3-7-21)13-19-16(17)18-5-4-8-20-9-11-22-12-10-20/h15H,2-14H2,1H3,(H3,17,18,19). The van der Waals surface area contributed by atoms with Crippen LogP contribution in [0.5, 0.6) is 0 Å². The first kappa shape index (κ1) is 17.5. The Morgan fingerprint density at radius 1 is 1.18 bits per heavy atom. The highest BCUT2D eigenvalue weighted by Crippen LogP contribution is 2.10. The molecule has 0 spiro atoms. The first-order valence-electron chi connectivity index (χ1n) is 8.80. The summed E-state index contributed by atoms with van der Waals surface area (Å²) in [5.74, 6) is 1.17. The SMILES string of the molecule is CC(CN=C(N)NCCCN1CCOCC1)CN1CCCC1. The minimum Gasteiger partial charge on any atom is -0.379 e. The maximum Gasteiger partial charge on any atom is 0.188 e. The van der Waals surface area contributed by atoms with Crippen molar-refractivity contribution < 1.29 is 4.74 Å². The number of likely N-dealkylation sites (tertiary alicyclic amines) is 1. The molecule has 6 heteroatoms. The Hall–Kier alpha value is -0.850. The lowest BCUT2D eigenvalue weighted by Gasteiger charge is -2.26. The van der Waals surface area contributed by atoms with Crippen molar-refractivity contribution in [3.05, 3.63) is 0 Å². The van der Waals surface area contributed by atoms with Crippen molar-refractivity contribution in [2.24, 2.45) is 16.6 Å². The van der Waals surface area contributed by atoms with Crippen molar-refractivity contribution in [1.29, 1.82) is 0 Å². The van der Waals surface area contributed by atoms with E-state index in [1.807, 2.05) is 0 Å². The Morgan fingerprint density at radius 3 is 2.64 bits per heavy atom. The topological polar surface area (TPSA) is 66.1 Å². The molecular formula is C16H33N5O. The van der Waals surface area contributed by atoms with Gasteiger partial charge in [0.15, 0.2) is 5.96 Å². The third-order valence-electron chi connectivity index (χ3n) is 4.40. The molecule has 6 nitrogen and oxygen atoms in total. The van der Waals surface area contributed by atoms with Gasteiger partial charge in [0, 0.05) is 32.7 Å². The molecule has 2 aliphatic heterocycles. The summed E-state index contributed by atoms with van der Waals surface area (Å²) in [5, 5.41) is 3.23. The fraction of sp³-hybridized carbons (Fsp3) is 0.938. The van der Waals surface area contributed by atoms with Crippen LogP contribution >= 0.6 is 0 Å². The molecule has 2 saturated heterocycles. The number of hydrogen-bond donors (Lipinski definition) is 2. The Balaban J connectivity index is 1.50. The summed E-state index contributed by atoms with van der Waals surface area (Å²) in [6.07, 6.45) is 3.80. The van der Waals surface area contributed by atoms with Gasteiger partial charge in [-0.2, -0.15) is 0 Å². The van der Waals surface area contributed by atoms with Gasteiger partial charge in [0.2, 0.25) is 0 Å². The third kappa shape index (κ3) is 6.94. The predicted molar refractivity (Wildman–Crippen MR) is 91.2 cm³/mol. The van der Waals surface area contributed by atoms with Crippen molar-refractivity contribution >= 4 is 5.96 Å². The van der Waals surface area contributed by atoms with Crippen molar-refractivity contribution in [2.45, 2.75) is 26.2 Å². The molecule has 1 atom stereocenters. The van der Waals surface area contributed by atoms with Crippen LogP contribution in [0.1, 0.15) is 26.2 Å². The van der Waals surface area contributed by atoms with Gasteiger partial charge in [0.05, 0.1) is 13.2 Å². The van der Waals surface area contributed by atoms with E-state index in [0.717, 1.165) is 58.9 Å². The molecule has 0 radical (unpaired) electrons. The number of guanidine groups is 1. The van der Waals surface area contributed by atoms with Gasteiger partial charge < -0.3 is 20.7 Å². The number of hydrogen-bond acceptors (Lipinski definition) is 4. The van der Waals surface area contributed by atoms with E-state index in [9.17, 15) is 0 Å². The maximum atomic E-state index is 5.94. The zero-order valence-corrected chi connectivity index (χ0v) is 14.1. The van der Waals surface area contributed by atoms with Gasteiger partial charge in [-0.15, -0.1) is 0 Å². The molecule has 0 aromatic rings. The maximum absolute atomic E-state index is 5.94. The van der Waals surface area contributed by atoms with Gasteiger partial charge in [0.1, 0.15) is 0 Å². The summed E-state index contributed by atoms with van der Waals surface area (Å²) in [6.45, 7) is 12.6. The molecular weight excluding hydrogens is 278 g/mol. The molecule has 0 aromatic carbocycles. The minimum atomic E-state index is 0.576. The summed E-state index contributed by atoms with van der Waals surface area (Å²) in [6, 6.07) is 0. The molecule has 3 N–H and O–H groups in total. The van der Waals surface area contributed by atoms with Gasteiger partial charge in [-0.25, -0.2) is 0 Å². The van der Waals surface area contributed by atoms with Crippen LogP contribution in [0, 0.1) is 5.92 Å². The molecule has 2 fully saturated rings. The fourth-order valence-electron chi connectivity index (χ4n) is 3.12. The Kier molecular flexibility index (Phi) is 7.98. The number of aliphatic imine (C=N–C) groups is 1. The average Bonchev–Trinajstić information content (AvgIpc) is 3.03. The van der Waals surface area contributed by atoms with E-state index in [1.54, 1.807) is 0 Å². The number of morpholine rings is 1. The Bertz CT molecular complexity index is 324. The highest BCUT2D eigenvalue weighted by molar-refractivity contribution is 5.77. The van der Waals surface area contributed by atoms with Crippen molar-refractivity contribution in [1.82, 2.24) is 15.1 Å². The molecule has 1 unspecified atom stereocenters. The number of ether oxygens (including phenoxy) is 1. The van der Waals surface area contributed by atoms with Crippen molar-refractivity contribution in [2.75, 3.05) is 65.6 Å². The highest BCUT2D eigenvalue weighted by atomic mass is 16.5. The molecule has 128 valence electrons. The van der Waals surface area contributed by atoms with Gasteiger partial charge in [-0.05, 0) is 44.8 Å². The van der Waals surface area contributed by atoms with Gasteiger partial charge in [-0.3, -0.25) is 9.89 Å². The van der Waals surface area contributed by atoms with Crippen LogP contribution in [0.25, 0.3) is 0 Å². The predicted octanol–water partition coefficient (Wildman–Crippen LogP) is 0.345. The van der Waals surface area contributed by atoms with Gasteiger partial charge in [-0.1, -0.05) is 6.92 Å². The molecule has 2 heterocycles. The van der Waals surface area contributed by atoms with Crippen molar-refractivity contribution in [3.8, 4) is 0 Å². The van der Waals surface area contributed by atoms with Crippen LogP contribution in [-0.2, 0) is 4.74 Å². The fourth-order valence-corrected chi connectivity index (χ4v) is 3.12. The first-order chi connectivity index (χ1) is 10.7. The lowest BCUT2D eigenvalue weighted by atomic mass is 10.2. The summed E-state index contributed by atoms with van der Waals surface area (Å²) in [5.41, 5.74) is 5.94. The molecule has 0 amide bonds. The number of rotatable bonds is 8. The summed E-state index contributed by atoms with van der Waals surface area (Å²) in [4.78, 5) is 9.45. The number of nitrogens with zero attached hydrogens (tertiary/aromatic N) is 3. The average molecular weight is 311 g/mol. The quantitative estimate of drug-likeness (QED) is 0.384.